The van der Waals surface area contributed by atoms with Crippen LogP contribution in [0, 0.1) is 0 Å². The van der Waals surface area contributed by atoms with E-state index in [0.717, 1.165) is 32.1 Å². The Morgan fingerprint density at radius 3 is 2.38 bits per heavy atom. The molecule has 8 heteroatoms. The number of sulfone groups is 1. The standard InChI is InChI=1S/C18H26N2O5S/c1-24-13-8-9-16(17(10-13)25-2)19-18(21)20-11-15(12-20)26(22,23)14-6-4-3-5-7-14/h8-10,14-15H,3-7,11-12H2,1-2H3,(H,19,21). The molecule has 1 heterocycles. The molecule has 0 atom stereocenters. The van der Waals surface area contributed by atoms with Crippen molar-refractivity contribution in [2.24, 2.45) is 0 Å². The van der Waals surface area contributed by atoms with Crippen molar-refractivity contribution in [3.05, 3.63) is 18.2 Å². The molecule has 0 radical (unpaired) electrons. The number of nitrogens with one attached hydrogen (secondary N) is 1. The van der Waals surface area contributed by atoms with Crippen molar-refractivity contribution in [3.63, 3.8) is 0 Å². The molecule has 0 unspecified atom stereocenters. The Bertz CT molecular complexity index is 753. The monoisotopic (exact) mass is 382 g/mol. The molecule has 2 fully saturated rings. The minimum absolute atomic E-state index is 0.229. The number of rotatable bonds is 5. The van der Waals surface area contributed by atoms with Gasteiger partial charge < -0.3 is 19.7 Å². The van der Waals surface area contributed by atoms with Crippen molar-refractivity contribution in [1.82, 2.24) is 4.90 Å². The highest BCUT2D eigenvalue weighted by molar-refractivity contribution is 7.92. The minimum Gasteiger partial charge on any atom is -0.497 e. The van der Waals surface area contributed by atoms with Gasteiger partial charge in [0, 0.05) is 19.2 Å². The number of likely N-dealkylation sites (tertiary alicyclic amines) is 1. The summed E-state index contributed by atoms with van der Waals surface area (Å²) in [5.74, 6) is 1.12. The zero-order chi connectivity index (χ0) is 18.7. The Kier molecular flexibility index (Phi) is 5.60. The van der Waals surface area contributed by atoms with Gasteiger partial charge in [0.2, 0.25) is 0 Å². The summed E-state index contributed by atoms with van der Waals surface area (Å²) in [6.07, 6.45) is 4.60. The number of amides is 2. The summed E-state index contributed by atoms with van der Waals surface area (Å²) in [6.45, 7) is 0.506. The van der Waals surface area contributed by atoms with E-state index in [2.05, 4.69) is 5.32 Å². The summed E-state index contributed by atoms with van der Waals surface area (Å²) in [5, 5.41) is 2.11. The molecule has 1 aliphatic heterocycles. The first-order valence-electron chi connectivity index (χ1n) is 8.96. The molecule has 0 aromatic heterocycles. The van der Waals surface area contributed by atoms with E-state index in [1.165, 1.54) is 12.0 Å². The van der Waals surface area contributed by atoms with Crippen molar-refractivity contribution in [2.45, 2.75) is 42.6 Å². The lowest BCUT2D eigenvalue weighted by molar-refractivity contribution is 0.182. The zero-order valence-electron chi connectivity index (χ0n) is 15.2. The van der Waals surface area contributed by atoms with Crippen LogP contribution in [0.15, 0.2) is 18.2 Å². The number of urea groups is 1. The Morgan fingerprint density at radius 1 is 1.08 bits per heavy atom. The van der Waals surface area contributed by atoms with Gasteiger partial charge in [-0.05, 0) is 25.0 Å². The number of methoxy groups -OCH3 is 2. The number of anilines is 1. The summed E-state index contributed by atoms with van der Waals surface area (Å²) in [7, 11) is -0.0790. The van der Waals surface area contributed by atoms with E-state index in [0.29, 0.717) is 17.2 Å². The molecule has 2 amide bonds. The van der Waals surface area contributed by atoms with Gasteiger partial charge in [-0.15, -0.1) is 0 Å². The van der Waals surface area contributed by atoms with Gasteiger partial charge in [0.15, 0.2) is 9.84 Å². The molecule has 0 bridgehead atoms. The number of carbonyl (C=O) groups excluding carboxylic acids is 1. The molecule has 1 aromatic carbocycles. The number of hydrogen-bond acceptors (Lipinski definition) is 5. The van der Waals surface area contributed by atoms with Crippen molar-refractivity contribution in [1.29, 1.82) is 0 Å². The smallest absolute Gasteiger partial charge is 0.322 e. The number of benzene rings is 1. The summed E-state index contributed by atoms with van der Waals surface area (Å²) in [4.78, 5) is 13.9. The van der Waals surface area contributed by atoms with Crippen LogP contribution in [-0.2, 0) is 9.84 Å². The largest absolute Gasteiger partial charge is 0.497 e. The third-order valence-electron chi connectivity index (χ3n) is 5.27. The molecule has 2 aliphatic rings. The average molecular weight is 382 g/mol. The van der Waals surface area contributed by atoms with Gasteiger partial charge in [-0.1, -0.05) is 19.3 Å². The molecular formula is C18H26N2O5S. The maximum Gasteiger partial charge on any atom is 0.322 e. The predicted octanol–water partition coefficient (Wildman–Crippen LogP) is 2.67. The molecule has 1 aliphatic carbocycles. The molecule has 1 N–H and O–H groups in total. The topological polar surface area (TPSA) is 84.9 Å². The normalized spacial score (nSPS) is 18.9. The predicted molar refractivity (Wildman–Crippen MR) is 99.7 cm³/mol. The highest BCUT2D eigenvalue weighted by Crippen LogP contribution is 2.32. The van der Waals surface area contributed by atoms with Crippen LogP contribution in [0.25, 0.3) is 0 Å². The molecular weight excluding hydrogens is 356 g/mol. The quantitative estimate of drug-likeness (QED) is 0.846. The molecule has 26 heavy (non-hydrogen) atoms. The van der Waals surface area contributed by atoms with E-state index in [1.54, 1.807) is 25.3 Å². The van der Waals surface area contributed by atoms with E-state index >= 15 is 0 Å². The molecule has 0 spiro atoms. The van der Waals surface area contributed by atoms with Gasteiger partial charge in [0.05, 0.1) is 30.4 Å². The van der Waals surface area contributed by atoms with E-state index in [-0.39, 0.29) is 24.4 Å². The Labute approximate surface area is 154 Å². The maximum atomic E-state index is 12.7. The second kappa shape index (κ2) is 7.73. The van der Waals surface area contributed by atoms with Crippen molar-refractivity contribution in [2.75, 3.05) is 32.6 Å². The fourth-order valence-electron chi connectivity index (χ4n) is 3.57. The van der Waals surface area contributed by atoms with Crippen LogP contribution in [0.4, 0.5) is 10.5 Å². The molecule has 7 nitrogen and oxygen atoms in total. The van der Waals surface area contributed by atoms with Crippen LogP contribution in [0.3, 0.4) is 0 Å². The SMILES string of the molecule is COc1ccc(NC(=O)N2CC(S(=O)(=O)C3CCCCC3)C2)c(OC)c1. The van der Waals surface area contributed by atoms with Crippen LogP contribution < -0.4 is 14.8 Å². The fourth-order valence-corrected chi connectivity index (χ4v) is 5.88. The Morgan fingerprint density at radius 2 is 1.77 bits per heavy atom. The van der Waals surface area contributed by atoms with Gasteiger partial charge >= 0.3 is 6.03 Å². The summed E-state index contributed by atoms with van der Waals surface area (Å²) < 4.78 is 35.7. The van der Waals surface area contributed by atoms with Crippen molar-refractivity contribution >= 4 is 21.6 Å². The van der Waals surface area contributed by atoms with Crippen LogP contribution in [0.1, 0.15) is 32.1 Å². The fraction of sp³-hybridized carbons (Fsp3) is 0.611. The summed E-state index contributed by atoms with van der Waals surface area (Å²) >= 11 is 0. The first kappa shape index (κ1) is 18.8. The van der Waals surface area contributed by atoms with Crippen molar-refractivity contribution in [3.8, 4) is 11.5 Å². The van der Waals surface area contributed by atoms with Crippen LogP contribution in [0.5, 0.6) is 11.5 Å². The van der Waals surface area contributed by atoms with Gasteiger partial charge in [-0.3, -0.25) is 0 Å². The summed E-state index contributed by atoms with van der Waals surface area (Å²) in [5.41, 5.74) is 0.525. The second-order valence-corrected chi connectivity index (χ2v) is 9.38. The Hall–Kier alpha value is -1.96. The highest BCUT2D eigenvalue weighted by atomic mass is 32.2. The lowest BCUT2D eigenvalue weighted by Gasteiger charge is -2.40. The lowest BCUT2D eigenvalue weighted by atomic mass is 10.0. The lowest BCUT2D eigenvalue weighted by Crippen LogP contribution is -2.59. The minimum atomic E-state index is -3.15. The average Bonchev–Trinajstić information content (AvgIpc) is 2.61. The molecule has 1 aromatic rings. The maximum absolute atomic E-state index is 12.7. The Balaban J connectivity index is 1.58. The number of carbonyl (C=O) groups is 1. The third kappa shape index (κ3) is 3.75. The second-order valence-electron chi connectivity index (χ2n) is 6.87. The first-order valence-corrected chi connectivity index (χ1v) is 10.6. The van der Waals surface area contributed by atoms with E-state index < -0.39 is 15.1 Å². The van der Waals surface area contributed by atoms with E-state index in [9.17, 15) is 13.2 Å². The van der Waals surface area contributed by atoms with E-state index in [1.807, 2.05) is 0 Å². The number of ether oxygens (including phenoxy) is 2. The molecule has 1 saturated carbocycles. The molecule has 144 valence electrons. The highest BCUT2D eigenvalue weighted by Gasteiger charge is 2.43. The van der Waals surface area contributed by atoms with Gasteiger partial charge in [-0.25, -0.2) is 13.2 Å². The van der Waals surface area contributed by atoms with E-state index in [4.69, 9.17) is 9.47 Å². The van der Waals surface area contributed by atoms with Crippen LogP contribution >= 0.6 is 0 Å². The number of nitrogens with zero attached hydrogens (tertiary/aromatic N) is 1. The molecule has 3 rings (SSSR count). The van der Waals surface area contributed by atoms with Crippen LogP contribution in [-0.4, -0.2) is 57.2 Å². The summed E-state index contributed by atoms with van der Waals surface area (Å²) in [6, 6.07) is 4.79. The van der Waals surface area contributed by atoms with Crippen molar-refractivity contribution < 1.29 is 22.7 Å². The third-order valence-corrected chi connectivity index (χ3v) is 7.89. The van der Waals surface area contributed by atoms with Gasteiger partial charge in [-0.2, -0.15) is 0 Å². The first-order chi connectivity index (χ1) is 12.5. The number of hydrogen-bond donors (Lipinski definition) is 1. The van der Waals surface area contributed by atoms with Crippen LogP contribution in [0.2, 0.25) is 0 Å². The van der Waals surface area contributed by atoms with Gasteiger partial charge in [0.1, 0.15) is 11.5 Å². The van der Waals surface area contributed by atoms with Gasteiger partial charge in [0.25, 0.3) is 0 Å². The molecule has 1 saturated heterocycles. The zero-order valence-corrected chi connectivity index (χ0v) is 16.0.